The Kier molecular flexibility index (Phi) is 5.47. The Morgan fingerprint density at radius 2 is 2.12 bits per heavy atom. The third-order valence-corrected chi connectivity index (χ3v) is 2.88. The fraction of sp³-hybridized carbons (Fsp3) is 0.538. The van der Waals surface area contributed by atoms with Crippen molar-refractivity contribution in [3.05, 3.63) is 23.2 Å². The molecule has 0 saturated heterocycles. The minimum atomic E-state index is 0.251. The van der Waals surface area contributed by atoms with Gasteiger partial charge in [-0.05, 0) is 31.0 Å². The molecular weight excluding hydrogens is 222 g/mol. The smallest absolute Gasteiger partial charge is 0.138 e. The summed E-state index contributed by atoms with van der Waals surface area (Å²) in [5.41, 5.74) is 6.30. The molecule has 2 N–H and O–H groups in total. The summed E-state index contributed by atoms with van der Waals surface area (Å²) in [5, 5.41) is 0.593. The number of rotatable bonds is 6. The molecule has 16 heavy (non-hydrogen) atoms. The quantitative estimate of drug-likeness (QED) is 0.755. The van der Waals surface area contributed by atoms with Crippen molar-refractivity contribution in [1.82, 2.24) is 0 Å². The zero-order chi connectivity index (χ0) is 12.0. The summed E-state index contributed by atoms with van der Waals surface area (Å²) < 4.78 is 5.86. The van der Waals surface area contributed by atoms with E-state index in [1.165, 1.54) is 12.8 Å². The molecule has 0 heterocycles. The van der Waals surface area contributed by atoms with Gasteiger partial charge in [0.25, 0.3) is 0 Å². The van der Waals surface area contributed by atoms with Crippen molar-refractivity contribution in [2.24, 2.45) is 0 Å². The molecule has 0 fully saturated rings. The lowest BCUT2D eigenvalue weighted by atomic mass is 10.1. The second kappa shape index (κ2) is 6.64. The maximum atomic E-state index is 6.06. The zero-order valence-electron chi connectivity index (χ0n) is 10.0. The number of benzene rings is 1. The van der Waals surface area contributed by atoms with Crippen LogP contribution in [-0.4, -0.2) is 6.10 Å². The maximum absolute atomic E-state index is 6.06. The van der Waals surface area contributed by atoms with Gasteiger partial charge >= 0.3 is 0 Å². The van der Waals surface area contributed by atoms with Crippen LogP contribution in [0.1, 0.15) is 39.5 Å². The van der Waals surface area contributed by atoms with Gasteiger partial charge in [0.15, 0.2) is 0 Å². The third-order valence-electron chi connectivity index (χ3n) is 2.58. The standard InChI is InChI=1S/C13H20ClNO/c1-3-5-6-11(4-2)16-13-8-7-10(15)9-12(13)14/h7-9,11H,3-6,15H2,1-2H3/t11-/m0/s1. The molecule has 90 valence electrons. The largest absolute Gasteiger partial charge is 0.489 e. The average molecular weight is 242 g/mol. The van der Waals surface area contributed by atoms with Gasteiger partial charge in [-0.1, -0.05) is 38.3 Å². The Bertz CT molecular complexity index is 328. The molecule has 1 rings (SSSR count). The maximum Gasteiger partial charge on any atom is 0.138 e. The second-order valence-corrected chi connectivity index (χ2v) is 4.39. The van der Waals surface area contributed by atoms with Crippen LogP contribution in [0.25, 0.3) is 0 Å². The number of halogens is 1. The summed E-state index contributed by atoms with van der Waals surface area (Å²) in [6.07, 6.45) is 4.70. The molecule has 1 aromatic rings. The normalized spacial score (nSPS) is 12.4. The van der Waals surface area contributed by atoms with Crippen molar-refractivity contribution in [2.45, 2.75) is 45.6 Å². The molecule has 0 unspecified atom stereocenters. The molecule has 1 aromatic carbocycles. The molecule has 0 aliphatic heterocycles. The summed E-state index contributed by atoms with van der Waals surface area (Å²) in [6.45, 7) is 4.31. The Morgan fingerprint density at radius 3 is 2.69 bits per heavy atom. The fourth-order valence-corrected chi connectivity index (χ4v) is 1.80. The first kappa shape index (κ1) is 13.2. The van der Waals surface area contributed by atoms with E-state index < -0.39 is 0 Å². The SMILES string of the molecule is CCCC[C@H](CC)Oc1ccc(N)cc1Cl. The Morgan fingerprint density at radius 1 is 1.38 bits per heavy atom. The van der Waals surface area contributed by atoms with E-state index >= 15 is 0 Å². The molecule has 0 aliphatic rings. The summed E-state index contributed by atoms with van der Waals surface area (Å²) in [5.74, 6) is 0.735. The van der Waals surface area contributed by atoms with Crippen LogP contribution in [0.15, 0.2) is 18.2 Å². The average Bonchev–Trinajstić information content (AvgIpc) is 2.27. The molecular formula is C13H20ClNO. The number of hydrogen-bond acceptors (Lipinski definition) is 2. The van der Waals surface area contributed by atoms with E-state index in [1.807, 2.05) is 12.1 Å². The van der Waals surface area contributed by atoms with Crippen LogP contribution in [0.3, 0.4) is 0 Å². The number of unbranched alkanes of at least 4 members (excludes halogenated alkanes) is 1. The van der Waals surface area contributed by atoms with Gasteiger partial charge in [-0.15, -0.1) is 0 Å². The molecule has 0 amide bonds. The first-order valence-electron chi connectivity index (χ1n) is 5.89. The predicted octanol–water partition coefficient (Wildman–Crippen LogP) is 4.27. The van der Waals surface area contributed by atoms with Crippen molar-refractivity contribution in [3.8, 4) is 5.75 Å². The highest BCUT2D eigenvalue weighted by atomic mass is 35.5. The second-order valence-electron chi connectivity index (χ2n) is 3.98. The zero-order valence-corrected chi connectivity index (χ0v) is 10.8. The minimum absolute atomic E-state index is 0.251. The lowest BCUT2D eigenvalue weighted by Gasteiger charge is -2.18. The van der Waals surface area contributed by atoms with Gasteiger partial charge in [-0.25, -0.2) is 0 Å². The summed E-state index contributed by atoms with van der Waals surface area (Å²) in [7, 11) is 0. The van der Waals surface area contributed by atoms with E-state index in [0.29, 0.717) is 10.7 Å². The first-order chi connectivity index (χ1) is 7.67. The lowest BCUT2D eigenvalue weighted by Crippen LogP contribution is -2.15. The highest BCUT2D eigenvalue weighted by Crippen LogP contribution is 2.28. The van der Waals surface area contributed by atoms with Crippen LogP contribution >= 0.6 is 11.6 Å². The number of nitrogens with two attached hydrogens (primary N) is 1. The predicted molar refractivity (Wildman–Crippen MR) is 70.1 cm³/mol. The van der Waals surface area contributed by atoms with Gasteiger partial charge in [-0.3, -0.25) is 0 Å². The van der Waals surface area contributed by atoms with Crippen LogP contribution < -0.4 is 10.5 Å². The van der Waals surface area contributed by atoms with Gasteiger partial charge in [0.2, 0.25) is 0 Å². The topological polar surface area (TPSA) is 35.2 Å². The van der Waals surface area contributed by atoms with E-state index in [1.54, 1.807) is 6.07 Å². The molecule has 0 radical (unpaired) electrons. The summed E-state index contributed by atoms with van der Waals surface area (Å²) >= 11 is 6.06. The van der Waals surface area contributed by atoms with Crippen LogP contribution in [-0.2, 0) is 0 Å². The monoisotopic (exact) mass is 241 g/mol. The van der Waals surface area contributed by atoms with Crippen LogP contribution in [0.4, 0.5) is 5.69 Å². The van der Waals surface area contributed by atoms with Crippen molar-refractivity contribution >= 4 is 17.3 Å². The van der Waals surface area contributed by atoms with E-state index in [2.05, 4.69) is 13.8 Å². The highest BCUT2D eigenvalue weighted by molar-refractivity contribution is 6.32. The van der Waals surface area contributed by atoms with E-state index in [0.717, 1.165) is 18.6 Å². The highest BCUT2D eigenvalue weighted by Gasteiger charge is 2.10. The number of hydrogen-bond donors (Lipinski definition) is 1. The summed E-state index contributed by atoms with van der Waals surface area (Å²) in [4.78, 5) is 0. The number of anilines is 1. The first-order valence-corrected chi connectivity index (χ1v) is 6.26. The molecule has 0 aliphatic carbocycles. The molecule has 0 saturated carbocycles. The lowest BCUT2D eigenvalue weighted by molar-refractivity contribution is 0.183. The Labute approximate surface area is 103 Å². The Hall–Kier alpha value is -0.890. The van der Waals surface area contributed by atoms with Gasteiger partial charge < -0.3 is 10.5 Å². The van der Waals surface area contributed by atoms with E-state index in [-0.39, 0.29) is 6.10 Å². The van der Waals surface area contributed by atoms with Crippen molar-refractivity contribution in [1.29, 1.82) is 0 Å². The van der Waals surface area contributed by atoms with E-state index in [4.69, 9.17) is 22.1 Å². The van der Waals surface area contributed by atoms with Crippen molar-refractivity contribution in [3.63, 3.8) is 0 Å². The molecule has 0 bridgehead atoms. The van der Waals surface area contributed by atoms with Crippen LogP contribution in [0.5, 0.6) is 5.75 Å². The fourth-order valence-electron chi connectivity index (χ4n) is 1.57. The van der Waals surface area contributed by atoms with Gasteiger partial charge in [0.1, 0.15) is 5.75 Å². The van der Waals surface area contributed by atoms with E-state index in [9.17, 15) is 0 Å². The van der Waals surface area contributed by atoms with Gasteiger partial charge in [0, 0.05) is 5.69 Å². The van der Waals surface area contributed by atoms with Crippen molar-refractivity contribution < 1.29 is 4.74 Å². The molecule has 1 atom stereocenters. The Balaban J connectivity index is 2.62. The number of nitrogen functional groups attached to an aromatic ring is 1. The number of ether oxygens (including phenoxy) is 1. The molecule has 3 heteroatoms. The van der Waals surface area contributed by atoms with Gasteiger partial charge in [0.05, 0.1) is 11.1 Å². The van der Waals surface area contributed by atoms with Crippen molar-refractivity contribution in [2.75, 3.05) is 5.73 Å². The van der Waals surface area contributed by atoms with Crippen LogP contribution in [0, 0.1) is 0 Å². The molecule has 2 nitrogen and oxygen atoms in total. The molecule has 0 aromatic heterocycles. The van der Waals surface area contributed by atoms with Gasteiger partial charge in [-0.2, -0.15) is 0 Å². The van der Waals surface area contributed by atoms with Crippen LogP contribution in [0.2, 0.25) is 5.02 Å². The minimum Gasteiger partial charge on any atom is -0.489 e. The molecule has 0 spiro atoms. The summed E-state index contributed by atoms with van der Waals surface area (Å²) in [6, 6.07) is 5.38. The third kappa shape index (κ3) is 3.93.